The Morgan fingerprint density at radius 3 is 2.22 bits per heavy atom. The van der Waals surface area contributed by atoms with Crippen molar-refractivity contribution in [3.63, 3.8) is 0 Å². The molecule has 1 aliphatic heterocycles. The molecule has 2 aliphatic rings. The highest BCUT2D eigenvalue weighted by Crippen LogP contribution is 2.33. The molecule has 0 N–H and O–H groups in total. The lowest BCUT2D eigenvalue weighted by molar-refractivity contribution is -0.159. The SMILES string of the molecule is CC(C)(C)OC(=O)C[C@@H](CC1CCCC1)C(=O)N1CCCCC1. The van der Waals surface area contributed by atoms with E-state index in [9.17, 15) is 9.59 Å². The van der Waals surface area contributed by atoms with Crippen LogP contribution >= 0.6 is 0 Å². The third-order valence-electron chi connectivity index (χ3n) is 4.94. The van der Waals surface area contributed by atoms with Crippen LogP contribution in [0.4, 0.5) is 0 Å². The lowest BCUT2D eigenvalue weighted by Crippen LogP contribution is -2.41. The van der Waals surface area contributed by atoms with Gasteiger partial charge in [-0.25, -0.2) is 0 Å². The number of amides is 1. The Morgan fingerprint density at radius 2 is 1.65 bits per heavy atom. The predicted octanol–water partition coefficient (Wildman–Crippen LogP) is 3.93. The van der Waals surface area contributed by atoms with E-state index in [1.807, 2.05) is 25.7 Å². The first-order valence-corrected chi connectivity index (χ1v) is 9.36. The zero-order valence-corrected chi connectivity index (χ0v) is 15.1. The molecule has 1 aliphatic carbocycles. The molecular formula is C19H33NO3. The molecule has 0 aromatic carbocycles. The number of carbonyl (C=O) groups is 2. The lowest BCUT2D eigenvalue weighted by Gasteiger charge is -2.31. The van der Waals surface area contributed by atoms with Gasteiger partial charge in [0.25, 0.3) is 0 Å². The Balaban J connectivity index is 1.97. The number of carbonyl (C=O) groups excluding carboxylic acids is 2. The predicted molar refractivity (Wildman–Crippen MR) is 91.0 cm³/mol. The quantitative estimate of drug-likeness (QED) is 0.720. The van der Waals surface area contributed by atoms with Gasteiger partial charge in [0.05, 0.1) is 6.42 Å². The van der Waals surface area contributed by atoms with Crippen molar-refractivity contribution in [2.75, 3.05) is 13.1 Å². The summed E-state index contributed by atoms with van der Waals surface area (Å²) in [7, 11) is 0. The van der Waals surface area contributed by atoms with Crippen molar-refractivity contribution in [2.24, 2.45) is 11.8 Å². The molecule has 4 nitrogen and oxygen atoms in total. The van der Waals surface area contributed by atoms with Gasteiger partial charge in [-0.05, 0) is 52.4 Å². The molecule has 1 saturated heterocycles. The van der Waals surface area contributed by atoms with Gasteiger partial charge in [-0.15, -0.1) is 0 Å². The maximum Gasteiger partial charge on any atom is 0.307 e. The molecule has 0 aromatic rings. The number of esters is 1. The summed E-state index contributed by atoms with van der Waals surface area (Å²) >= 11 is 0. The van der Waals surface area contributed by atoms with E-state index in [0.717, 1.165) is 32.4 Å². The average Bonchev–Trinajstić information content (AvgIpc) is 2.98. The Bertz CT molecular complexity index is 401. The van der Waals surface area contributed by atoms with Gasteiger partial charge in [0.15, 0.2) is 0 Å². The van der Waals surface area contributed by atoms with Crippen LogP contribution in [0.3, 0.4) is 0 Å². The maximum atomic E-state index is 12.9. The van der Waals surface area contributed by atoms with Gasteiger partial charge < -0.3 is 9.64 Å². The van der Waals surface area contributed by atoms with Crippen LogP contribution in [-0.4, -0.2) is 35.5 Å². The molecule has 0 bridgehead atoms. The van der Waals surface area contributed by atoms with Crippen LogP contribution in [-0.2, 0) is 14.3 Å². The van der Waals surface area contributed by atoms with Crippen molar-refractivity contribution < 1.29 is 14.3 Å². The van der Waals surface area contributed by atoms with Crippen molar-refractivity contribution in [1.82, 2.24) is 4.90 Å². The standard InChI is InChI=1S/C19H33NO3/c1-19(2,3)23-17(21)14-16(13-15-9-5-6-10-15)18(22)20-11-7-4-8-12-20/h15-16H,4-14H2,1-3H3/t16-/m1/s1. The first kappa shape index (κ1) is 18.3. The normalized spacial score (nSPS) is 21.3. The number of nitrogens with zero attached hydrogens (tertiary/aromatic N) is 1. The van der Waals surface area contributed by atoms with Crippen molar-refractivity contribution in [3.05, 3.63) is 0 Å². The van der Waals surface area contributed by atoms with E-state index < -0.39 is 5.60 Å². The van der Waals surface area contributed by atoms with Crippen LogP contribution in [0.1, 0.15) is 78.6 Å². The number of rotatable bonds is 5. The second-order valence-corrected chi connectivity index (χ2v) is 8.26. The molecule has 1 saturated carbocycles. The monoisotopic (exact) mass is 323 g/mol. The number of ether oxygens (including phenoxy) is 1. The molecule has 0 unspecified atom stereocenters. The zero-order valence-electron chi connectivity index (χ0n) is 15.1. The van der Waals surface area contributed by atoms with E-state index in [4.69, 9.17) is 4.74 Å². The minimum Gasteiger partial charge on any atom is -0.460 e. The van der Waals surface area contributed by atoms with Crippen LogP contribution in [0.25, 0.3) is 0 Å². The largest absolute Gasteiger partial charge is 0.460 e. The van der Waals surface area contributed by atoms with E-state index in [-0.39, 0.29) is 24.2 Å². The summed E-state index contributed by atoms with van der Waals surface area (Å²) in [6.45, 7) is 7.35. The van der Waals surface area contributed by atoms with Gasteiger partial charge in [0.1, 0.15) is 5.60 Å². The lowest BCUT2D eigenvalue weighted by atomic mass is 9.89. The van der Waals surface area contributed by atoms with Crippen molar-refractivity contribution in [2.45, 2.75) is 84.2 Å². The van der Waals surface area contributed by atoms with Crippen molar-refractivity contribution >= 4 is 11.9 Å². The fourth-order valence-corrected chi connectivity index (χ4v) is 3.88. The topological polar surface area (TPSA) is 46.6 Å². The summed E-state index contributed by atoms with van der Waals surface area (Å²) in [6.07, 6.45) is 9.43. The van der Waals surface area contributed by atoms with Crippen LogP contribution < -0.4 is 0 Å². The highest BCUT2D eigenvalue weighted by Gasteiger charge is 2.32. The zero-order chi connectivity index (χ0) is 16.9. The first-order valence-electron chi connectivity index (χ1n) is 9.36. The number of hydrogen-bond acceptors (Lipinski definition) is 3. The average molecular weight is 323 g/mol. The molecule has 2 rings (SSSR count). The third kappa shape index (κ3) is 6.15. The van der Waals surface area contributed by atoms with Gasteiger partial charge in [-0.3, -0.25) is 9.59 Å². The molecule has 4 heteroatoms. The molecular weight excluding hydrogens is 290 g/mol. The Labute approximate surface area is 140 Å². The fourth-order valence-electron chi connectivity index (χ4n) is 3.88. The van der Waals surface area contributed by atoms with E-state index >= 15 is 0 Å². The van der Waals surface area contributed by atoms with Gasteiger partial charge in [0.2, 0.25) is 5.91 Å². The summed E-state index contributed by atoms with van der Waals surface area (Å²) in [5.74, 6) is 0.371. The molecule has 1 atom stereocenters. The maximum absolute atomic E-state index is 12.9. The Morgan fingerprint density at radius 1 is 1.04 bits per heavy atom. The fraction of sp³-hybridized carbons (Fsp3) is 0.895. The molecule has 0 spiro atoms. The van der Waals surface area contributed by atoms with Crippen molar-refractivity contribution in [1.29, 1.82) is 0 Å². The van der Waals surface area contributed by atoms with Crippen molar-refractivity contribution in [3.8, 4) is 0 Å². The van der Waals surface area contributed by atoms with E-state index in [2.05, 4.69) is 0 Å². The number of piperidine rings is 1. The third-order valence-corrected chi connectivity index (χ3v) is 4.94. The van der Waals surface area contributed by atoms with Crippen LogP contribution in [0, 0.1) is 11.8 Å². The first-order chi connectivity index (χ1) is 10.8. The van der Waals surface area contributed by atoms with E-state index in [0.29, 0.717) is 5.92 Å². The highest BCUT2D eigenvalue weighted by molar-refractivity contribution is 5.84. The minimum atomic E-state index is -0.483. The summed E-state index contributed by atoms with van der Waals surface area (Å²) < 4.78 is 5.46. The molecule has 1 heterocycles. The van der Waals surface area contributed by atoms with Crippen LogP contribution in [0.5, 0.6) is 0 Å². The second-order valence-electron chi connectivity index (χ2n) is 8.26. The smallest absolute Gasteiger partial charge is 0.307 e. The van der Waals surface area contributed by atoms with Crippen LogP contribution in [0.2, 0.25) is 0 Å². The van der Waals surface area contributed by atoms with Gasteiger partial charge in [0, 0.05) is 19.0 Å². The minimum absolute atomic E-state index is 0.183. The van der Waals surface area contributed by atoms with Gasteiger partial charge >= 0.3 is 5.97 Å². The summed E-state index contributed by atoms with van der Waals surface area (Å²) in [4.78, 5) is 27.1. The molecule has 0 radical (unpaired) electrons. The van der Waals surface area contributed by atoms with E-state index in [1.54, 1.807) is 0 Å². The molecule has 0 aromatic heterocycles. The number of hydrogen-bond donors (Lipinski definition) is 0. The summed E-state index contributed by atoms with van der Waals surface area (Å²) in [6, 6.07) is 0. The van der Waals surface area contributed by atoms with Gasteiger partial charge in [-0.1, -0.05) is 25.7 Å². The van der Waals surface area contributed by atoms with Gasteiger partial charge in [-0.2, -0.15) is 0 Å². The second kappa shape index (κ2) is 8.16. The summed E-state index contributed by atoms with van der Waals surface area (Å²) in [5.41, 5.74) is -0.483. The Hall–Kier alpha value is -1.06. The van der Waals surface area contributed by atoms with E-state index in [1.165, 1.54) is 32.1 Å². The highest BCUT2D eigenvalue weighted by atomic mass is 16.6. The summed E-state index contributed by atoms with van der Waals surface area (Å²) in [5, 5.41) is 0. The molecule has 132 valence electrons. The Kier molecular flexibility index (Phi) is 6.49. The molecule has 23 heavy (non-hydrogen) atoms. The molecule has 1 amide bonds. The molecule has 2 fully saturated rings. The number of likely N-dealkylation sites (tertiary alicyclic amines) is 1. The van der Waals surface area contributed by atoms with Crippen LogP contribution in [0.15, 0.2) is 0 Å².